The second-order valence-electron chi connectivity index (χ2n) is 4.52. The van der Waals surface area contributed by atoms with E-state index in [1.165, 1.54) is 25.7 Å². The minimum Gasteiger partial charge on any atom is -0.317 e. The predicted octanol–water partition coefficient (Wildman–Crippen LogP) is 2.89. The molecule has 1 N–H and O–H groups in total. The van der Waals surface area contributed by atoms with Gasteiger partial charge in [-0.2, -0.15) is 0 Å². The first-order chi connectivity index (χ1) is 7.17. The first kappa shape index (κ1) is 14.9. The van der Waals surface area contributed by atoms with Gasteiger partial charge < -0.3 is 10.2 Å². The van der Waals surface area contributed by atoms with Crippen molar-refractivity contribution in [1.29, 1.82) is 0 Å². The minimum atomic E-state index is 0.694. The van der Waals surface area contributed by atoms with Crippen LogP contribution in [0.1, 0.15) is 53.4 Å². The Morgan fingerprint density at radius 2 is 1.67 bits per heavy atom. The van der Waals surface area contributed by atoms with Gasteiger partial charge in [-0.05, 0) is 52.7 Å². The van der Waals surface area contributed by atoms with Gasteiger partial charge in [-0.3, -0.25) is 0 Å². The van der Waals surface area contributed by atoms with Crippen LogP contribution in [-0.4, -0.2) is 37.1 Å². The molecule has 0 aromatic carbocycles. The number of hydrogen-bond acceptors (Lipinski definition) is 2. The number of nitrogens with one attached hydrogen (secondary N) is 1. The van der Waals surface area contributed by atoms with Crippen molar-refractivity contribution in [3.63, 3.8) is 0 Å². The fourth-order valence-corrected chi connectivity index (χ4v) is 2.04. The molecule has 0 aliphatic heterocycles. The molecule has 15 heavy (non-hydrogen) atoms. The Morgan fingerprint density at radius 3 is 2.13 bits per heavy atom. The summed E-state index contributed by atoms with van der Waals surface area (Å²) in [5.74, 6) is 0. The highest BCUT2D eigenvalue weighted by Crippen LogP contribution is 2.11. The van der Waals surface area contributed by atoms with E-state index < -0.39 is 0 Å². The molecule has 0 aromatic heterocycles. The maximum Gasteiger partial charge on any atom is 0.00897 e. The summed E-state index contributed by atoms with van der Waals surface area (Å²) >= 11 is 0. The molecule has 0 spiro atoms. The zero-order valence-corrected chi connectivity index (χ0v) is 11.3. The standard InChI is InChI=1S/C13H30N2/c1-6-10-14-11-9-12(4)15(5)13(7-2)8-3/h12-14H,6-11H2,1-5H3. The monoisotopic (exact) mass is 214 g/mol. The second-order valence-corrected chi connectivity index (χ2v) is 4.52. The lowest BCUT2D eigenvalue weighted by atomic mass is 10.1. The van der Waals surface area contributed by atoms with E-state index in [0.717, 1.165) is 19.1 Å². The van der Waals surface area contributed by atoms with Gasteiger partial charge in [-0.25, -0.2) is 0 Å². The van der Waals surface area contributed by atoms with Crippen LogP contribution in [0.3, 0.4) is 0 Å². The van der Waals surface area contributed by atoms with Crippen LogP contribution < -0.4 is 5.32 Å². The van der Waals surface area contributed by atoms with Gasteiger partial charge in [0.15, 0.2) is 0 Å². The molecular formula is C13H30N2. The van der Waals surface area contributed by atoms with E-state index in [4.69, 9.17) is 0 Å². The Balaban J connectivity index is 3.71. The van der Waals surface area contributed by atoms with E-state index in [1.807, 2.05) is 0 Å². The third kappa shape index (κ3) is 6.16. The summed E-state index contributed by atoms with van der Waals surface area (Å²) in [4.78, 5) is 2.54. The third-order valence-corrected chi connectivity index (χ3v) is 3.38. The van der Waals surface area contributed by atoms with E-state index in [0.29, 0.717) is 6.04 Å². The quantitative estimate of drug-likeness (QED) is 0.594. The fraction of sp³-hybridized carbons (Fsp3) is 1.00. The smallest absolute Gasteiger partial charge is 0.00897 e. The van der Waals surface area contributed by atoms with Crippen LogP contribution in [0.4, 0.5) is 0 Å². The Labute approximate surface area is 96.4 Å². The zero-order chi connectivity index (χ0) is 11.7. The highest BCUT2D eigenvalue weighted by atomic mass is 15.2. The van der Waals surface area contributed by atoms with Gasteiger partial charge in [0.05, 0.1) is 0 Å². The van der Waals surface area contributed by atoms with Crippen LogP contribution >= 0.6 is 0 Å². The average molecular weight is 214 g/mol. The van der Waals surface area contributed by atoms with Gasteiger partial charge >= 0.3 is 0 Å². The predicted molar refractivity (Wildman–Crippen MR) is 69.4 cm³/mol. The fourth-order valence-electron chi connectivity index (χ4n) is 2.04. The molecule has 0 saturated heterocycles. The van der Waals surface area contributed by atoms with Crippen molar-refractivity contribution < 1.29 is 0 Å². The summed E-state index contributed by atoms with van der Waals surface area (Å²) < 4.78 is 0. The molecule has 0 aliphatic rings. The van der Waals surface area contributed by atoms with Crippen molar-refractivity contribution in [2.45, 2.75) is 65.5 Å². The van der Waals surface area contributed by atoms with Crippen LogP contribution in [0, 0.1) is 0 Å². The second kappa shape index (κ2) is 9.17. The Hall–Kier alpha value is -0.0800. The molecule has 2 nitrogen and oxygen atoms in total. The lowest BCUT2D eigenvalue weighted by Gasteiger charge is -2.32. The molecule has 0 bridgehead atoms. The van der Waals surface area contributed by atoms with Gasteiger partial charge in [0.1, 0.15) is 0 Å². The molecule has 0 rings (SSSR count). The average Bonchev–Trinajstić information content (AvgIpc) is 2.25. The van der Waals surface area contributed by atoms with Gasteiger partial charge in [-0.15, -0.1) is 0 Å². The highest BCUT2D eigenvalue weighted by molar-refractivity contribution is 4.72. The van der Waals surface area contributed by atoms with E-state index in [2.05, 4.69) is 45.0 Å². The Morgan fingerprint density at radius 1 is 1.07 bits per heavy atom. The molecule has 0 amide bonds. The zero-order valence-electron chi connectivity index (χ0n) is 11.3. The van der Waals surface area contributed by atoms with E-state index in [-0.39, 0.29) is 0 Å². The Bertz CT molecular complexity index is 132. The molecule has 2 heteroatoms. The molecule has 0 fully saturated rings. The van der Waals surface area contributed by atoms with Crippen molar-refractivity contribution in [2.24, 2.45) is 0 Å². The number of rotatable bonds is 9. The van der Waals surface area contributed by atoms with E-state index >= 15 is 0 Å². The van der Waals surface area contributed by atoms with Crippen LogP contribution in [0.25, 0.3) is 0 Å². The summed E-state index contributed by atoms with van der Waals surface area (Å²) in [5, 5.41) is 3.47. The molecule has 1 unspecified atom stereocenters. The SMILES string of the molecule is CCCNCCC(C)N(C)C(CC)CC. The lowest BCUT2D eigenvalue weighted by molar-refractivity contribution is 0.166. The van der Waals surface area contributed by atoms with Gasteiger partial charge in [0.25, 0.3) is 0 Å². The first-order valence-corrected chi connectivity index (χ1v) is 6.59. The molecule has 0 saturated carbocycles. The van der Waals surface area contributed by atoms with Crippen LogP contribution in [0.2, 0.25) is 0 Å². The summed E-state index contributed by atoms with van der Waals surface area (Å²) in [6.45, 7) is 11.4. The van der Waals surface area contributed by atoms with E-state index in [1.54, 1.807) is 0 Å². The van der Waals surface area contributed by atoms with E-state index in [9.17, 15) is 0 Å². The molecule has 0 heterocycles. The third-order valence-electron chi connectivity index (χ3n) is 3.38. The Kier molecular flexibility index (Phi) is 9.12. The molecule has 92 valence electrons. The summed E-state index contributed by atoms with van der Waals surface area (Å²) in [6.07, 6.45) is 5.02. The maximum absolute atomic E-state index is 3.47. The number of hydrogen-bond donors (Lipinski definition) is 1. The van der Waals surface area contributed by atoms with Gasteiger partial charge in [-0.1, -0.05) is 20.8 Å². The topological polar surface area (TPSA) is 15.3 Å². The van der Waals surface area contributed by atoms with Crippen molar-refractivity contribution in [1.82, 2.24) is 10.2 Å². The minimum absolute atomic E-state index is 0.694. The number of nitrogens with zero attached hydrogens (tertiary/aromatic N) is 1. The first-order valence-electron chi connectivity index (χ1n) is 6.59. The van der Waals surface area contributed by atoms with Crippen molar-refractivity contribution >= 4 is 0 Å². The maximum atomic E-state index is 3.47. The largest absolute Gasteiger partial charge is 0.317 e. The van der Waals surface area contributed by atoms with Crippen molar-refractivity contribution in [3.05, 3.63) is 0 Å². The lowest BCUT2D eigenvalue weighted by Crippen LogP contribution is -2.39. The molecular weight excluding hydrogens is 184 g/mol. The molecule has 0 aliphatic carbocycles. The molecule has 0 aromatic rings. The van der Waals surface area contributed by atoms with Crippen molar-refractivity contribution in [2.75, 3.05) is 20.1 Å². The summed E-state index contributed by atoms with van der Waals surface area (Å²) in [6, 6.07) is 1.45. The van der Waals surface area contributed by atoms with Gasteiger partial charge in [0, 0.05) is 12.1 Å². The summed E-state index contributed by atoms with van der Waals surface area (Å²) in [5.41, 5.74) is 0. The molecule has 0 radical (unpaired) electrons. The molecule has 1 atom stereocenters. The van der Waals surface area contributed by atoms with Crippen LogP contribution in [0.5, 0.6) is 0 Å². The van der Waals surface area contributed by atoms with Crippen LogP contribution in [0.15, 0.2) is 0 Å². The summed E-state index contributed by atoms with van der Waals surface area (Å²) in [7, 11) is 2.27. The van der Waals surface area contributed by atoms with Crippen molar-refractivity contribution in [3.8, 4) is 0 Å². The highest BCUT2D eigenvalue weighted by Gasteiger charge is 2.15. The normalized spacial score (nSPS) is 13.8. The van der Waals surface area contributed by atoms with Gasteiger partial charge in [0.2, 0.25) is 0 Å². The van der Waals surface area contributed by atoms with Crippen LogP contribution in [-0.2, 0) is 0 Å².